The molecule has 0 aromatic heterocycles. The van der Waals surface area contributed by atoms with Gasteiger partial charge in [-0.3, -0.25) is 9.69 Å². The number of rotatable bonds is 5. The molecule has 0 aliphatic carbocycles. The minimum absolute atomic E-state index is 0.407. The van der Waals surface area contributed by atoms with Crippen molar-refractivity contribution in [1.29, 1.82) is 0 Å². The number of hydrogen-bond acceptors (Lipinski definition) is 4. The highest BCUT2D eigenvalue weighted by atomic mass is 35.5. The molecule has 1 N–H and O–H groups in total. The van der Waals surface area contributed by atoms with Crippen molar-refractivity contribution >= 4 is 58.3 Å². The molecule has 0 bridgehead atoms. The molecule has 2 aliphatic heterocycles. The Labute approximate surface area is 206 Å². The molecule has 33 heavy (non-hydrogen) atoms. The molecule has 168 valence electrons. The van der Waals surface area contributed by atoms with E-state index in [-0.39, 0.29) is 0 Å². The maximum Gasteiger partial charge on any atom is 0.324 e. The maximum absolute atomic E-state index is 12.8. The number of β-lactam (4-membered cyclic amide) rings is 1. The number of likely N-dealkylation sites (tertiary alicyclic amines) is 1. The Hall–Kier alpha value is -2.67. The van der Waals surface area contributed by atoms with Gasteiger partial charge in [-0.25, -0.2) is 4.79 Å². The van der Waals surface area contributed by atoms with E-state index in [9.17, 15) is 9.59 Å². The second kappa shape index (κ2) is 9.29. The van der Waals surface area contributed by atoms with Crippen LogP contribution in [0.4, 0.5) is 16.2 Å². The fourth-order valence-electron chi connectivity index (χ4n) is 4.23. The molecule has 0 saturated carbocycles. The molecule has 8 heteroatoms. The van der Waals surface area contributed by atoms with Crippen LogP contribution in [-0.2, 0) is 4.79 Å². The van der Waals surface area contributed by atoms with E-state index in [1.54, 1.807) is 30.0 Å². The van der Waals surface area contributed by atoms with Crippen molar-refractivity contribution in [3.05, 3.63) is 83.4 Å². The first-order valence-electron chi connectivity index (χ1n) is 10.7. The van der Waals surface area contributed by atoms with Gasteiger partial charge in [0.2, 0.25) is 0 Å². The summed E-state index contributed by atoms with van der Waals surface area (Å²) in [5, 5.41) is 2.56. The lowest BCUT2D eigenvalue weighted by molar-refractivity contribution is -0.140. The lowest BCUT2D eigenvalue weighted by Crippen LogP contribution is -2.61. The summed E-state index contributed by atoms with van der Waals surface area (Å²) in [5.41, 5.74) is 3.00. The molecule has 0 spiro atoms. The number of amides is 3. The van der Waals surface area contributed by atoms with Crippen LogP contribution < -0.4 is 10.2 Å². The SMILES string of the molecule is O=C(NCCCN1c2ccccc2Sc2ccccc21)N1C(=O)C(Cl)C1c1ccccc1Cl. The summed E-state index contributed by atoms with van der Waals surface area (Å²) >= 11 is 14.3. The molecule has 5 rings (SSSR count). The van der Waals surface area contributed by atoms with Crippen molar-refractivity contribution in [3.8, 4) is 0 Å². The number of carbonyl (C=O) groups excluding carboxylic acids is 2. The largest absolute Gasteiger partial charge is 0.340 e. The number of urea groups is 1. The number of halogens is 2. The normalized spacial score (nSPS) is 18.9. The van der Waals surface area contributed by atoms with Gasteiger partial charge < -0.3 is 10.2 Å². The first kappa shape index (κ1) is 22.1. The zero-order chi connectivity index (χ0) is 22.9. The zero-order valence-corrected chi connectivity index (χ0v) is 19.9. The van der Waals surface area contributed by atoms with Gasteiger partial charge in [-0.15, -0.1) is 11.6 Å². The van der Waals surface area contributed by atoms with Gasteiger partial charge in [-0.2, -0.15) is 0 Å². The highest BCUT2D eigenvalue weighted by molar-refractivity contribution is 7.99. The van der Waals surface area contributed by atoms with Crippen molar-refractivity contribution in [3.63, 3.8) is 0 Å². The number of alkyl halides is 1. The molecule has 3 amide bonds. The first-order valence-corrected chi connectivity index (χ1v) is 12.3. The van der Waals surface area contributed by atoms with Gasteiger partial charge in [0, 0.05) is 27.9 Å². The number of benzene rings is 3. The number of carbonyl (C=O) groups is 2. The topological polar surface area (TPSA) is 52.7 Å². The molecular formula is C25H21Cl2N3O2S. The first-order chi connectivity index (χ1) is 16.1. The number of para-hydroxylation sites is 2. The summed E-state index contributed by atoms with van der Waals surface area (Å²) in [4.78, 5) is 31.0. The van der Waals surface area contributed by atoms with E-state index in [0.29, 0.717) is 23.6 Å². The Morgan fingerprint density at radius 2 is 1.55 bits per heavy atom. The monoisotopic (exact) mass is 497 g/mol. The van der Waals surface area contributed by atoms with Gasteiger partial charge in [0.05, 0.1) is 17.4 Å². The van der Waals surface area contributed by atoms with Crippen LogP contribution in [0, 0.1) is 0 Å². The highest BCUT2D eigenvalue weighted by Crippen LogP contribution is 2.47. The fourth-order valence-corrected chi connectivity index (χ4v) is 5.93. The van der Waals surface area contributed by atoms with Crippen LogP contribution in [0.2, 0.25) is 5.02 Å². The van der Waals surface area contributed by atoms with Crippen LogP contribution in [0.1, 0.15) is 18.0 Å². The molecule has 2 unspecified atom stereocenters. The van der Waals surface area contributed by atoms with Crippen molar-refractivity contribution in [1.82, 2.24) is 10.2 Å². The quantitative estimate of drug-likeness (QED) is 0.257. The summed E-state index contributed by atoms with van der Waals surface area (Å²) in [7, 11) is 0. The highest BCUT2D eigenvalue weighted by Gasteiger charge is 2.51. The zero-order valence-electron chi connectivity index (χ0n) is 17.6. The van der Waals surface area contributed by atoms with E-state index >= 15 is 0 Å². The molecule has 2 heterocycles. The van der Waals surface area contributed by atoms with Crippen LogP contribution in [0.3, 0.4) is 0 Å². The van der Waals surface area contributed by atoms with E-state index in [4.69, 9.17) is 23.2 Å². The van der Waals surface area contributed by atoms with Gasteiger partial charge >= 0.3 is 6.03 Å². The third kappa shape index (κ3) is 4.07. The Morgan fingerprint density at radius 3 is 2.21 bits per heavy atom. The lowest BCUT2D eigenvalue weighted by Gasteiger charge is -2.43. The van der Waals surface area contributed by atoms with E-state index in [2.05, 4.69) is 34.5 Å². The smallest absolute Gasteiger partial charge is 0.324 e. The van der Waals surface area contributed by atoms with Crippen LogP contribution in [-0.4, -0.2) is 35.3 Å². The van der Waals surface area contributed by atoms with Crippen molar-refractivity contribution < 1.29 is 9.59 Å². The van der Waals surface area contributed by atoms with E-state index in [1.165, 1.54) is 14.7 Å². The summed E-state index contributed by atoms with van der Waals surface area (Å²) in [5.74, 6) is -0.407. The maximum atomic E-state index is 12.8. The Morgan fingerprint density at radius 1 is 0.939 bits per heavy atom. The van der Waals surface area contributed by atoms with Gasteiger partial charge in [0.15, 0.2) is 0 Å². The summed E-state index contributed by atoms with van der Waals surface area (Å²) in [6, 6.07) is 22.8. The lowest BCUT2D eigenvalue weighted by atomic mass is 9.93. The molecule has 0 radical (unpaired) electrons. The van der Waals surface area contributed by atoms with Crippen molar-refractivity contribution in [2.45, 2.75) is 27.6 Å². The number of fused-ring (bicyclic) bond motifs is 2. The van der Waals surface area contributed by atoms with Crippen LogP contribution in [0.5, 0.6) is 0 Å². The number of nitrogens with one attached hydrogen (secondary N) is 1. The summed E-state index contributed by atoms with van der Waals surface area (Å²) in [6.07, 6.45) is 0.710. The summed E-state index contributed by atoms with van der Waals surface area (Å²) in [6.45, 7) is 1.16. The minimum Gasteiger partial charge on any atom is -0.340 e. The van der Waals surface area contributed by atoms with Crippen LogP contribution in [0.25, 0.3) is 0 Å². The van der Waals surface area contributed by atoms with Crippen molar-refractivity contribution in [2.75, 3.05) is 18.0 Å². The molecule has 3 aromatic carbocycles. The Balaban J connectivity index is 1.24. The molecule has 5 nitrogen and oxygen atoms in total. The van der Waals surface area contributed by atoms with E-state index in [0.717, 1.165) is 17.9 Å². The van der Waals surface area contributed by atoms with Gasteiger partial charge in [-0.1, -0.05) is 65.8 Å². The third-order valence-corrected chi connectivity index (χ3v) is 7.74. The molecule has 2 aliphatic rings. The van der Waals surface area contributed by atoms with Gasteiger partial charge in [0.25, 0.3) is 5.91 Å². The van der Waals surface area contributed by atoms with Gasteiger partial charge in [0.1, 0.15) is 5.38 Å². The number of anilines is 2. The second-order valence-electron chi connectivity index (χ2n) is 7.85. The molecular weight excluding hydrogens is 477 g/mol. The standard InChI is InChI=1S/C25H21Cl2N3O2S/c26-17-9-2-1-8-16(17)23-22(27)24(31)30(23)25(32)28-14-7-15-29-18-10-3-5-12-20(18)33-21-13-6-4-11-19(21)29/h1-6,8-13,22-23H,7,14-15H2,(H,28,32). The minimum atomic E-state index is -0.797. The number of nitrogens with zero attached hydrogens (tertiary/aromatic N) is 2. The number of hydrogen-bond donors (Lipinski definition) is 1. The molecule has 2 atom stereocenters. The second-order valence-corrected chi connectivity index (χ2v) is 9.81. The molecule has 1 saturated heterocycles. The fraction of sp³-hybridized carbons (Fsp3) is 0.200. The number of imide groups is 1. The van der Waals surface area contributed by atoms with Gasteiger partial charge in [-0.05, 0) is 42.3 Å². The van der Waals surface area contributed by atoms with E-state index < -0.39 is 23.4 Å². The molecule has 1 fully saturated rings. The average Bonchev–Trinajstić information content (AvgIpc) is 2.84. The average molecular weight is 498 g/mol. The molecule has 3 aromatic rings. The predicted octanol–water partition coefficient (Wildman–Crippen LogP) is 6.23. The van der Waals surface area contributed by atoms with Crippen LogP contribution >= 0.6 is 35.0 Å². The van der Waals surface area contributed by atoms with Crippen LogP contribution in [0.15, 0.2) is 82.6 Å². The third-order valence-electron chi connectivity index (χ3n) is 5.84. The summed E-state index contributed by atoms with van der Waals surface area (Å²) < 4.78 is 0. The predicted molar refractivity (Wildman–Crippen MR) is 133 cm³/mol. The van der Waals surface area contributed by atoms with Crippen molar-refractivity contribution in [2.24, 2.45) is 0 Å². The Bertz CT molecular complexity index is 1180. The Kier molecular flexibility index (Phi) is 6.23. The van der Waals surface area contributed by atoms with E-state index in [1.807, 2.05) is 30.3 Å².